The number of rotatable bonds is 11. The third-order valence-corrected chi connectivity index (χ3v) is 4.17. The number of hydrazone groups is 1. The summed E-state index contributed by atoms with van der Waals surface area (Å²) in [6, 6.07) is 16.5. The van der Waals surface area contributed by atoms with E-state index in [1.165, 1.54) is 6.21 Å². The molecule has 0 fully saturated rings. The van der Waals surface area contributed by atoms with Crippen LogP contribution in [-0.2, 0) is 27.4 Å². The Morgan fingerprint density at radius 2 is 1.58 bits per heavy atom. The van der Waals surface area contributed by atoms with Gasteiger partial charge in [-0.25, -0.2) is 15.0 Å². The first-order chi connectivity index (χ1) is 15.9. The smallest absolute Gasteiger partial charge is 0.407 e. The molecule has 0 aliphatic carbocycles. The average Bonchev–Trinajstić information content (AvgIpc) is 2.81. The molecule has 2 aromatic rings. The van der Waals surface area contributed by atoms with Gasteiger partial charge in [-0.15, -0.1) is 0 Å². The molecule has 0 aliphatic rings. The molecule has 11 nitrogen and oxygen atoms in total. The van der Waals surface area contributed by atoms with Crippen LogP contribution in [0, 0.1) is 0 Å². The maximum atomic E-state index is 12.6. The van der Waals surface area contributed by atoms with Gasteiger partial charge >= 0.3 is 12.1 Å². The predicted octanol–water partition coefficient (Wildman–Crippen LogP) is 0.411. The number of hydrogen-bond donors (Lipinski definition) is 5. The summed E-state index contributed by atoms with van der Waals surface area (Å²) in [6.45, 7) is -0.292. The summed E-state index contributed by atoms with van der Waals surface area (Å²) in [4.78, 5) is 47.3. The van der Waals surface area contributed by atoms with E-state index in [1.807, 2.05) is 54.0 Å². The molecule has 174 valence electrons. The van der Waals surface area contributed by atoms with Gasteiger partial charge in [0.05, 0.1) is 6.54 Å². The van der Waals surface area contributed by atoms with Crippen molar-refractivity contribution >= 4 is 30.2 Å². The van der Waals surface area contributed by atoms with Gasteiger partial charge in [-0.2, -0.15) is 5.10 Å². The molecule has 0 aromatic heterocycles. The van der Waals surface area contributed by atoms with Crippen LogP contribution in [0.2, 0.25) is 0 Å². The molecule has 11 heteroatoms. The molecule has 0 spiro atoms. The van der Waals surface area contributed by atoms with Crippen LogP contribution < -0.4 is 27.1 Å². The fourth-order valence-corrected chi connectivity index (χ4v) is 2.66. The third kappa shape index (κ3) is 10.4. The Hall–Kier alpha value is -4.41. The van der Waals surface area contributed by atoms with Gasteiger partial charge in [-0.3, -0.25) is 9.59 Å². The number of carbonyl (C=O) groups excluding carboxylic acids is 4. The van der Waals surface area contributed by atoms with Crippen molar-refractivity contribution in [3.05, 3.63) is 71.8 Å². The highest BCUT2D eigenvalue weighted by atomic mass is 16.5. The first kappa shape index (κ1) is 24.9. The van der Waals surface area contributed by atoms with E-state index >= 15 is 0 Å². The van der Waals surface area contributed by atoms with Crippen LogP contribution in [0.25, 0.3) is 0 Å². The molecule has 0 saturated carbocycles. The Balaban J connectivity index is 1.85. The van der Waals surface area contributed by atoms with Crippen molar-refractivity contribution in [1.29, 1.82) is 0 Å². The van der Waals surface area contributed by atoms with Crippen molar-refractivity contribution in [2.45, 2.75) is 19.1 Å². The zero-order chi connectivity index (χ0) is 23.9. The minimum atomic E-state index is -0.903. The standard InChI is InChI=1S/C22H26N6O5/c23-21(31)28-26-12-11-24-20(30)18(13-16-7-3-1-4-8-16)27-19(29)14-25-22(32)33-15-17-9-5-2-6-10-17/h1-10,12,18H,11,13-15H2,(H,24,30)(H,25,32)(H,27,29)(H3,23,28,31)/b26-12-/t18-/m0/s1. The number of alkyl carbamates (subject to hydrolysis) is 1. The first-order valence-corrected chi connectivity index (χ1v) is 10.1. The number of benzene rings is 2. The molecule has 0 bridgehead atoms. The number of urea groups is 1. The Labute approximate surface area is 190 Å². The van der Waals surface area contributed by atoms with Gasteiger partial charge in [0.15, 0.2) is 0 Å². The highest BCUT2D eigenvalue weighted by molar-refractivity contribution is 5.90. The topological polar surface area (TPSA) is 164 Å². The largest absolute Gasteiger partial charge is 0.445 e. The molecule has 2 rings (SSSR count). The monoisotopic (exact) mass is 454 g/mol. The van der Waals surface area contributed by atoms with E-state index < -0.39 is 30.0 Å². The van der Waals surface area contributed by atoms with Crippen molar-refractivity contribution in [2.75, 3.05) is 13.1 Å². The Bertz CT molecular complexity index is 952. The van der Waals surface area contributed by atoms with Crippen molar-refractivity contribution in [2.24, 2.45) is 10.8 Å². The molecule has 5 amide bonds. The van der Waals surface area contributed by atoms with E-state index in [0.29, 0.717) is 0 Å². The summed E-state index contributed by atoms with van der Waals surface area (Å²) in [5.74, 6) is -1.03. The van der Waals surface area contributed by atoms with Gasteiger partial charge in [0, 0.05) is 12.6 Å². The fraction of sp³-hybridized carbons (Fsp3) is 0.227. The zero-order valence-electron chi connectivity index (χ0n) is 17.8. The van der Waals surface area contributed by atoms with Gasteiger partial charge < -0.3 is 26.4 Å². The van der Waals surface area contributed by atoms with Gasteiger partial charge in [0.1, 0.15) is 19.2 Å². The van der Waals surface area contributed by atoms with E-state index in [0.717, 1.165) is 11.1 Å². The number of hydrogen-bond acceptors (Lipinski definition) is 6. The molecule has 0 unspecified atom stereocenters. The minimum absolute atomic E-state index is 0.00430. The maximum absolute atomic E-state index is 12.6. The molecule has 6 N–H and O–H groups in total. The van der Waals surface area contributed by atoms with Crippen LogP contribution in [0.5, 0.6) is 0 Å². The molecule has 0 radical (unpaired) electrons. The fourth-order valence-electron chi connectivity index (χ4n) is 2.66. The lowest BCUT2D eigenvalue weighted by Crippen LogP contribution is -2.50. The van der Waals surface area contributed by atoms with Gasteiger partial charge in [0.2, 0.25) is 11.8 Å². The number of nitrogens with two attached hydrogens (primary N) is 1. The molecule has 2 aromatic carbocycles. The van der Waals surface area contributed by atoms with Crippen molar-refractivity contribution < 1.29 is 23.9 Å². The second kappa shape index (κ2) is 13.8. The Morgan fingerprint density at radius 1 is 0.939 bits per heavy atom. The summed E-state index contributed by atoms with van der Waals surface area (Å²) in [5.41, 5.74) is 8.53. The SMILES string of the molecule is NC(=O)N/N=C\CNC(=O)[C@H](Cc1ccccc1)NC(=O)CNC(=O)OCc1ccccc1. The van der Waals surface area contributed by atoms with Crippen LogP contribution in [-0.4, -0.2) is 49.3 Å². The van der Waals surface area contributed by atoms with E-state index in [4.69, 9.17) is 10.5 Å². The van der Waals surface area contributed by atoms with Gasteiger partial charge in [-0.05, 0) is 11.1 Å². The summed E-state index contributed by atoms with van der Waals surface area (Å²) in [6.07, 6.45) is 0.721. The molecule has 1 atom stereocenters. The number of nitrogens with one attached hydrogen (secondary N) is 4. The molecular weight excluding hydrogens is 428 g/mol. The van der Waals surface area contributed by atoms with Crippen molar-refractivity contribution in [3.63, 3.8) is 0 Å². The Morgan fingerprint density at radius 3 is 2.21 bits per heavy atom. The van der Waals surface area contributed by atoms with Crippen molar-refractivity contribution in [1.82, 2.24) is 21.4 Å². The number of amides is 5. The van der Waals surface area contributed by atoms with Crippen LogP contribution in [0.4, 0.5) is 9.59 Å². The molecule has 0 aliphatic heterocycles. The number of nitrogens with zero attached hydrogens (tertiary/aromatic N) is 1. The van der Waals surface area contributed by atoms with Crippen LogP contribution >= 0.6 is 0 Å². The highest BCUT2D eigenvalue weighted by Crippen LogP contribution is 2.04. The average molecular weight is 454 g/mol. The van der Waals surface area contributed by atoms with E-state index in [-0.39, 0.29) is 26.1 Å². The summed E-state index contributed by atoms with van der Waals surface area (Å²) in [5, 5.41) is 11.1. The van der Waals surface area contributed by atoms with Crippen LogP contribution in [0.15, 0.2) is 65.8 Å². The number of ether oxygens (including phenoxy) is 1. The van der Waals surface area contributed by atoms with E-state index in [1.54, 1.807) is 12.1 Å². The third-order valence-electron chi connectivity index (χ3n) is 4.17. The normalized spacial score (nSPS) is 11.3. The van der Waals surface area contributed by atoms with Gasteiger partial charge in [-0.1, -0.05) is 60.7 Å². The number of primary amides is 1. The first-order valence-electron chi connectivity index (χ1n) is 10.1. The van der Waals surface area contributed by atoms with E-state index in [2.05, 4.69) is 21.1 Å². The molecule has 33 heavy (non-hydrogen) atoms. The number of carbonyl (C=O) groups is 4. The minimum Gasteiger partial charge on any atom is -0.445 e. The zero-order valence-corrected chi connectivity index (χ0v) is 17.8. The summed E-state index contributed by atoms with van der Waals surface area (Å²) in [7, 11) is 0. The highest BCUT2D eigenvalue weighted by Gasteiger charge is 2.21. The summed E-state index contributed by atoms with van der Waals surface area (Å²) < 4.78 is 5.06. The Kier molecular flexibility index (Phi) is 10.4. The summed E-state index contributed by atoms with van der Waals surface area (Å²) >= 11 is 0. The quantitative estimate of drug-likeness (QED) is 0.245. The van der Waals surface area contributed by atoms with E-state index in [9.17, 15) is 19.2 Å². The van der Waals surface area contributed by atoms with Crippen LogP contribution in [0.3, 0.4) is 0 Å². The molecule has 0 saturated heterocycles. The second-order valence-corrected chi connectivity index (χ2v) is 6.76. The van der Waals surface area contributed by atoms with Crippen molar-refractivity contribution in [3.8, 4) is 0 Å². The second-order valence-electron chi connectivity index (χ2n) is 6.76. The lowest BCUT2D eigenvalue weighted by atomic mass is 10.1. The maximum Gasteiger partial charge on any atom is 0.407 e. The lowest BCUT2D eigenvalue weighted by Gasteiger charge is -2.18. The predicted molar refractivity (Wildman–Crippen MR) is 121 cm³/mol. The molecular formula is C22H26N6O5. The van der Waals surface area contributed by atoms with Gasteiger partial charge in [0.25, 0.3) is 0 Å². The molecule has 0 heterocycles. The van der Waals surface area contributed by atoms with Crippen LogP contribution in [0.1, 0.15) is 11.1 Å². The lowest BCUT2D eigenvalue weighted by molar-refractivity contribution is -0.128.